The van der Waals surface area contributed by atoms with Crippen molar-refractivity contribution in [3.05, 3.63) is 53.6 Å². The van der Waals surface area contributed by atoms with Crippen LogP contribution in [0.5, 0.6) is 0 Å². The van der Waals surface area contributed by atoms with Crippen LogP contribution in [0.2, 0.25) is 0 Å². The molecule has 2 rings (SSSR count). The third kappa shape index (κ3) is 2.96. The van der Waals surface area contributed by atoms with Gasteiger partial charge in [-0.15, -0.1) is 0 Å². The molecule has 0 heterocycles. The summed E-state index contributed by atoms with van der Waals surface area (Å²) >= 11 is 0. The number of carbonyl (C=O) groups is 2. The summed E-state index contributed by atoms with van der Waals surface area (Å²) in [4.78, 5) is 24.6. The maximum Gasteiger partial charge on any atom is 0.327 e. The highest BCUT2D eigenvalue weighted by Gasteiger charge is 2.51. The summed E-state index contributed by atoms with van der Waals surface area (Å²) in [5.74, 6) is -1.13. The van der Waals surface area contributed by atoms with Gasteiger partial charge < -0.3 is 9.47 Å². The van der Waals surface area contributed by atoms with Gasteiger partial charge in [0, 0.05) is 0 Å². The standard InChI is InChI=1S/C18H20O4/c1-21-16(19)18(17(20)22-2)13-7-6-10-15(18)12-11-14-8-4-3-5-9-14/h3-5,8-12H,6-7,13H2,1-2H3/b12-11+. The summed E-state index contributed by atoms with van der Waals surface area (Å²) < 4.78 is 9.77. The number of benzene rings is 1. The van der Waals surface area contributed by atoms with Gasteiger partial charge in [0.15, 0.2) is 5.41 Å². The van der Waals surface area contributed by atoms with E-state index in [0.29, 0.717) is 12.0 Å². The lowest BCUT2D eigenvalue weighted by molar-refractivity contribution is -0.166. The Bertz CT molecular complexity index is 583. The van der Waals surface area contributed by atoms with Crippen molar-refractivity contribution in [2.45, 2.75) is 19.3 Å². The number of esters is 2. The first-order valence-corrected chi connectivity index (χ1v) is 7.25. The normalized spacial score (nSPS) is 16.9. The molecular weight excluding hydrogens is 280 g/mol. The molecule has 1 aliphatic rings. The average Bonchev–Trinajstić information content (AvgIpc) is 2.59. The predicted molar refractivity (Wildman–Crippen MR) is 83.9 cm³/mol. The Labute approximate surface area is 130 Å². The second-order valence-electron chi connectivity index (χ2n) is 5.18. The number of ether oxygens (including phenoxy) is 2. The zero-order chi connectivity index (χ0) is 16.0. The topological polar surface area (TPSA) is 52.6 Å². The van der Waals surface area contributed by atoms with Gasteiger partial charge in [-0.3, -0.25) is 9.59 Å². The minimum absolute atomic E-state index is 0.400. The molecule has 0 N–H and O–H groups in total. The van der Waals surface area contributed by atoms with E-state index in [2.05, 4.69) is 0 Å². The first kappa shape index (κ1) is 16.0. The highest BCUT2D eigenvalue weighted by Crippen LogP contribution is 2.41. The zero-order valence-corrected chi connectivity index (χ0v) is 12.9. The maximum atomic E-state index is 12.3. The van der Waals surface area contributed by atoms with Crippen molar-refractivity contribution in [2.24, 2.45) is 5.41 Å². The molecule has 1 aliphatic carbocycles. The largest absolute Gasteiger partial charge is 0.468 e. The lowest BCUT2D eigenvalue weighted by atomic mass is 9.72. The summed E-state index contributed by atoms with van der Waals surface area (Å²) in [6.07, 6.45) is 7.57. The van der Waals surface area contributed by atoms with E-state index in [1.165, 1.54) is 14.2 Å². The van der Waals surface area contributed by atoms with Crippen LogP contribution in [0.3, 0.4) is 0 Å². The summed E-state index contributed by atoms with van der Waals surface area (Å²) in [6.45, 7) is 0. The molecule has 4 heteroatoms. The Hall–Kier alpha value is -2.36. The van der Waals surface area contributed by atoms with Gasteiger partial charge in [0.1, 0.15) is 0 Å². The Morgan fingerprint density at radius 1 is 1.05 bits per heavy atom. The van der Waals surface area contributed by atoms with E-state index in [-0.39, 0.29) is 0 Å². The smallest absolute Gasteiger partial charge is 0.327 e. The van der Waals surface area contributed by atoms with Gasteiger partial charge in [0.05, 0.1) is 14.2 Å². The number of methoxy groups -OCH3 is 2. The molecule has 0 aliphatic heterocycles. The van der Waals surface area contributed by atoms with E-state index in [4.69, 9.17) is 9.47 Å². The Kier molecular flexibility index (Phi) is 5.15. The van der Waals surface area contributed by atoms with Gasteiger partial charge in [-0.25, -0.2) is 0 Å². The molecule has 1 aromatic rings. The molecule has 0 amide bonds. The molecule has 22 heavy (non-hydrogen) atoms. The first-order valence-electron chi connectivity index (χ1n) is 7.25. The molecule has 0 bridgehead atoms. The summed E-state index contributed by atoms with van der Waals surface area (Å²) in [5, 5.41) is 0. The van der Waals surface area contributed by atoms with Crippen molar-refractivity contribution in [2.75, 3.05) is 14.2 Å². The molecule has 0 saturated carbocycles. The predicted octanol–water partition coefficient (Wildman–Crippen LogP) is 3.14. The number of hydrogen-bond donors (Lipinski definition) is 0. The van der Waals surface area contributed by atoms with Crippen LogP contribution < -0.4 is 0 Å². The molecule has 116 valence electrons. The van der Waals surface area contributed by atoms with Gasteiger partial charge in [-0.05, 0) is 30.4 Å². The van der Waals surface area contributed by atoms with Crippen molar-refractivity contribution in [1.29, 1.82) is 0 Å². The highest BCUT2D eigenvalue weighted by molar-refractivity contribution is 6.04. The van der Waals surface area contributed by atoms with Crippen LogP contribution in [0.25, 0.3) is 6.08 Å². The maximum absolute atomic E-state index is 12.3. The average molecular weight is 300 g/mol. The summed E-state index contributed by atoms with van der Waals surface area (Å²) in [6, 6.07) is 9.71. The Morgan fingerprint density at radius 2 is 1.68 bits per heavy atom. The lowest BCUT2D eigenvalue weighted by Gasteiger charge is -2.32. The molecule has 0 radical (unpaired) electrons. The third-order valence-corrected chi connectivity index (χ3v) is 3.94. The number of rotatable bonds is 4. The zero-order valence-electron chi connectivity index (χ0n) is 12.9. The van der Waals surface area contributed by atoms with E-state index < -0.39 is 17.4 Å². The summed E-state index contributed by atoms with van der Waals surface area (Å²) in [7, 11) is 2.58. The molecular formula is C18H20O4. The van der Waals surface area contributed by atoms with Gasteiger partial charge in [0.25, 0.3) is 0 Å². The van der Waals surface area contributed by atoms with Crippen LogP contribution >= 0.6 is 0 Å². The molecule has 0 spiro atoms. The number of hydrogen-bond acceptors (Lipinski definition) is 4. The molecule has 0 fully saturated rings. The SMILES string of the molecule is COC(=O)C1(C(=O)OC)CCCC=C1/C=C/c1ccccc1. The van der Waals surface area contributed by atoms with Gasteiger partial charge in [-0.2, -0.15) is 0 Å². The van der Waals surface area contributed by atoms with E-state index >= 15 is 0 Å². The van der Waals surface area contributed by atoms with Crippen LogP contribution in [0.15, 0.2) is 48.1 Å². The van der Waals surface area contributed by atoms with Crippen molar-refractivity contribution in [1.82, 2.24) is 0 Å². The van der Waals surface area contributed by atoms with Crippen molar-refractivity contribution >= 4 is 18.0 Å². The van der Waals surface area contributed by atoms with Gasteiger partial charge >= 0.3 is 11.9 Å². The minimum Gasteiger partial charge on any atom is -0.468 e. The van der Waals surface area contributed by atoms with Crippen molar-refractivity contribution in [3.8, 4) is 0 Å². The van der Waals surface area contributed by atoms with E-state index in [9.17, 15) is 9.59 Å². The lowest BCUT2D eigenvalue weighted by Crippen LogP contribution is -2.43. The van der Waals surface area contributed by atoms with Gasteiger partial charge in [0.2, 0.25) is 0 Å². The van der Waals surface area contributed by atoms with Crippen LogP contribution in [-0.4, -0.2) is 26.2 Å². The fourth-order valence-corrected chi connectivity index (χ4v) is 2.78. The van der Waals surface area contributed by atoms with Crippen LogP contribution in [0, 0.1) is 5.41 Å². The second kappa shape index (κ2) is 7.07. The molecule has 4 nitrogen and oxygen atoms in total. The van der Waals surface area contributed by atoms with Crippen LogP contribution in [-0.2, 0) is 19.1 Å². The number of carbonyl (C=O) groups excluding carboxylic acids is 2. The monoisotopic (exact) mass is 300 g/mol. The minimum atomic E-state index is -1.35. The van der Waals surface area contributed by atoms with E-state index in [0.717, 1.165) is 18.4 Å². The summed E-state index contributed by atoms with van der Waals surface area (Å²) in [5.41, 5.74) is 0.284. The Balaban J connectivity index is 2.41. The first-order chi connectivity index (χ1) is 10.6. The fourth-order valence-electron chi connectivity index (χ4n) is 2.78. The third-order valence-electron chi connectivity index (χ3n) is 3.94. The Morgan fingerprint density at radius 3 is 2.27 bits per heavy atom. The van der Waals surface area contributed by atoms with Crippen LogP contribution in [0.4, 0.5) is 0 Å². The number of allylic oxidation sites excluding steroid dienone is 2. The van der Waals surface area contributed by atoms with E-state index in [1.54, 1.807) is 0 Å². The van der Waals surface area contributed by atoms with Crippen molar-refractivity contribution in [3.63, 3.8) is 0 Å². The van der Waals surface area contributed by atoms with Gasteiger partial charge in [-0.1, -0.05) is 48.6 Å². The highest BCUT2D eigenvalue weighted by atomic mass is 16.5. The van der Waals surface area contributed by atoms with E-state index in [1.807, 2.05) is 48.6 Å². The molecule has 1 aromatic carbocycles. The van der Waals surface area contributed by atoms with Crippen LogP contribution in [0.1, 0.15) is 24.8 Å². The second-order valence-corrected chi connectivity index (χ2v) is 5.18. The molecule has 0 unspecified atom stereocenters. The molecule has 0 saturated heterocycles. The quantitative estimate of drug-likeness (QED) is 0.633. The van der Waals surface area contributed by atoms with Crippen molar-refractivity contribution < 1.29 is 19.1 Å². The molecule has 0 atom stereocenters. The molecule has 0 aromatic heterocycles. The fraction of sp³-hybridized carbons (Fsp3) is 0.333.